The summed E-state index contributed by atoms with van der Waals surface area (Å²) in [6, 6.07) is 17.8. The van der Waals surface area contributed by atoms with Crippen LogP contribution < -0.4 is 5.32 Å². The average Bonchev–Trinajstić information content (AvgIpc) is 3.18. The lowest BCUT2D eigenvalue weighted by Crippen LogP contribution is -2.00. The number of anilines is 2. The third-order valence-corrected chi connectivity index (χ3v) is 4.27. The van der Waals surface area contributed by atoms with Gasteiger partial charge in [-0.1, -0.05) is 24.3 Å². The van der Waals surface area contributed by atoms with Gasteiger partial charge in [0.15, 0.2) is 5.82 Å². The molecule has 0 amide bonds. The maximum Gasteiger partial charge on any atom is 0.162 e. The Morgan fingerprint density at radius 3 is 2.65 bits per heavy atom. The Balaban J connectivity index is 1.70. The van der Waals surface area contributed by atoms with Crippen molar-refractivity contribution >= 4 is 33.3 Å². The lowest BCUT2D eigenvalue weighted by molar-refractivity contribution is 1.12. The molecule has 3 aromatic heterocycles. The Morgan fingerprint density at radius 2 is 1.73 bits per heavy atom. The van der Waals surface area contributed by atoms with E-state index in [1.165, 1.54) is 0 Å². The number of fused-ring (bicyclic) bond motifs is 2. The van der Waals surface area contributed by atoms with Crippen LogP contribution in [0.2, 0.25) is 0 Å². The lowest BCUT2D eigenvalue weighted by Gasteiger charge is -2.11. The molecular weight excluding hydrogens is 324 g/mol. The van der Waals surface area contributed by atoms with Gasteiger partial charge in [0.2, 0.25) is 0 Å². The van der Waals surface area contributed by atoms with Crippen molar-refractivity contribution < 1.29 is 0 Å². The number of nitrogens with one attached hydrogen (secondary N) is 2. The highest BCUT2D eigenvalue weighted by atomic mass is 15.1. The molecule has 0 atom stereocenters. The van der Waals surface area contributed by atoms with E-state index in [2.05, 4.69) is 20.5 Å². The Labute approximate surface area is 149 Å². The average molecular weight is 338 g/mol. The normalized spacial score (nSPS) is 11.1. The quantitative estimate of drug-likeness (QED) is 0.512. The van der Waals surface area contributed by atoms with Crippen LogP contribution in [0.15, 0.2) is 73.2 Å². The summed E-state index contributed by atoms with van der Waals surface area (Å²) < 4.78 is 0. The number of hydrogen-bond donors (Lipinski definition) is 2. The van der Waals surface area contributed by atoms with Gasteiger partial charge in [-0.05, 0) is 30.3 Å². The standard InChI is InChI=1S/C20H14N6/c1-2-6-16-15(5-1)20(25-19(23-16)13-8-10-21-11-9-13)24-17-7-3-4-14-12-22-26-18(14)17/h1-12H,(H,22,26)(H,23,24,25). The molecule has 0 saturated heterocycles. The molecule has 0 aliphatic heterocycles. The predicted octanol–water partition coefficient (Wildman–Crippen LogP) is 4.31. The fourth-order valence-electron chi connectivity index (χ4n) is 3.00. The molecule has 0 bridgehead atoms. The molecule has 5 rings (SSSR count). The molecule has 0 fully saturated rings. The van der Waals surface area contributed by atoms with Gasteiger partial charge in [-0.25, -0.2) is 9.97 Å². The summed E-state index contributed by atoms with van der Waals surface area (Å²) in [4.78, 5) is 13.5. The van der Waals surface area contributed by atoms with Gasteiger partial charge >= 0.3 is 0 Å². The first-order valence-electron chi connectivity index (χ1n) is 8.25. The number of H-pyrrole nitrogens is 1. The Hall–Kier alpha value is -3.80. The Bertz CT molecular complexity index is 1210. The first kappa shape index (κ1) is 14.5. The van der Waals surface area contributed by atoms with Crippen molar-refractivity contribution in [1.82, 2.24) is 25.1 Å². The minimum absolute atomic E-state index is 0.658. The molecule has 0 radical (unpaired) electrons. The minimum Gasteiger partial charge on any atom is -0.338 e. The molecule has 6 heteroatoms. The van der Waals surface area contributed by atoms with Gasteiger partial charge in [0.1, 0.15) is 5.82 Å². The summed E-state index contributed by atoms with van der Waals surface area (Å²) in [5.74, 6) is 1.41. The summed E-state index contributed by atoms with van der Waals surface area (Å²) in [6.07, 6.45) is 5.29. The molecule has 26 heavy (non-hydrogen) atoms. The number of aromatic amines is 1. The maximum absolute atomic E-state index is 4.77. The summed E-state index contributed by atoms with van der Waals surface area (Å²) >= 11 is 0. The van der Waals surface area contributed by atoms with Crippen LogP contribution in [0.5, 0.6) is 0 Å². The van der Waals surface area contributed by atoms with Gasteiger partial charge in [0.25, 0.3) is 0 Å². The largest absolute Gasteiger partial charge is 0.338 e. The van der Waals surface area contributed by atoms with E-state index in [0.29, 0.717) is 5.82 Å². The zero-order chi connectivity index (χ0) is 17.3. The van der Waals surface area contributed by atoms with Crippen molar-refractivity contribution in [2.24, 2.45) is 0 Å². The molecule has 2 N–H and O–H groups in total. The van der Waals surface area contributed by atoms with Gasteiger partial charge < -0.3 is 5.32 Å². The second-order valence-electron chi connectivity index (χ2n) is 5.91. The molecule has 3 heterocycles. The van der Waals surface area contributed by atoms with Gasteiger partial charge in [-0.15, -0.1) is 0 Å². The van der Waals surface area contributed by atoms with Crippen LogP contribution >= 0.6 is 0 Å². The molecule has 0 saturated carbocycles. The molecule has 5 aromatic rings. The molecule has 0 unspecified atom stereocenters. The van der Waals surface area contributed by atoms with E-state index in [1.807, 2.05) is 54.6 Å². The first-order chi connectivity index (χ1) is 12.9. The van der Waals surface area contributed by atoms with E-state index in [1.54, 1.807) is 18.6 Å². The van der Waals surface area contributed by atoms with Gasteiger partial charge in [0, 0.05) is 28.7 Å². The third kappa shape index (κ3) is 2.44. The van der Waals surface area contributed by atoms with Crippen LogP contribution in [-0.4, -0.2) is 25.1 Å². The van der Waals surface area contributed by atoms with Crippen molar-refractivity contribution in [3.63, 3.8) is 0 Å². The van der Waals surface area contributed by atoms with E-state index in [4.69, 9.17) is 9.97 Å². The highest BCUT2D eigenvalue weighted by Gasteiger charge is 2.11. The van der Waals surface area contributed by atoms with E-state index < -0.39 is 0 Å². The maximum atomic E-state index is 4.77. The molecule has 124 valence electrons. The zero-order valence-corrected chi connectivity index (χ0v) is 13.7. The summed E-state index contributed by atoms with van der Waals surface area (Å²) in [6.45, 7) is 0. The minimum atomic E-state index is 0.658. The van der Waals surface area contributed by atoms with Crippen molar-refractivity contribution in [2.45, 2.75) is 0 Å². The SMILES string of the molecule is c1cc(Nc2nc(-c3ccncc3)nc3ccccc23)c2[nH]ncc2c1. The van der Waals surface area contributed by atoms with Crippen LogP contribution in [0.25, 0.3) is 33.2 Å². The number of nitrogens with zero attached hydrogens (tertiary/aromatic N) is 4. The monoisotopic (exact) mass is 338 g/mol. The fraction of sp³-hybridized carbons (Fsp3) is 0. The number of para-hydroxylation sites is 2. The van der Waals surface area contributed by atoms with Crippen molar-refractivity contribution in [3.8, 4) is 11.4 Å². The molecule has 0 spiro atoms. The fourth-order valence-corrected chi connectivity index (χ4v) is 3.00. The highest BCUT2D eigenvalue weighted by Crippen LogP contribution is 2.29. The second-order valence-corrected chi connectivity index (χ2v) is 5.91. The van der Waals surface area contributed by atoms with Crippen molar-refractivity contribution in [2.75, 3.05) is 5.32 Å². The van der Waals surface area contributed by atoms with Crippen LogP contribution in [0.3, 0.4) is 0 Å². The van der Waals surface area contributed by atoms with E-state index >= 15 is 0 Å². The van der Waals surface area contributed by atoms with E-state index in [0.717, 1.165) is 38.9 Å². The topological polar surface area (TPSA) is 79.4 Å². The third-order valence-electron chi connectivity index (χ3n) is 4.27. The second kappa shape index (κ2) is 5.93. The Morgan fingerprint density at radius 1 is 0.846 bits per heavy atom. The van der Waals surface area contributed by atoms with Gasteiger partial charge in [0.05, 0.1) is 22.9 Å². The molecule has 0 aliphatic rings. The summed E-state index contributed by atoms with van der Waals surface area (Å²) in [5.41, 5.74) is 3.67. The van der Waals surface area contributed by atoms with Crippen molar-refractivity contribution in [3.05, 3.63) is 73.2 Å². The summed E-state index contributed by atoms with van der Waals surface area (Å²) in [7, 11) is 0. The number of hydrogen-bond acceptors (Lipinski definition) is 5. The van der Waals surface area contributed by atoms with E-state index in [9.17, 15) is 0 Å². The van der Waals surface area contributed by atoms with E-state index in [-0.39, 0.29) is 0 Å². The van der Waals surface area contributed by atoms with Gasteiger partial charge in [-0.3, -0.25) is 10.1 Å². The number of pyridine rings is 1. The van der Waals surface area contributed by atoms with Gasteiger partial charge in [-0.2, -0.15) is 5.10 Å². The molecule has 2 aromatic carbocycles. The smallest absolute Gasteiger partial charge is 0.162 e. The lowest BCUT2D eigenvalue weighted by atomic mass is 10.2. The predicted molar refractivity (Wildman–Crippen MR) is 102 cm³/mol. The van der Waals surface area contributed by atoms with Crippen molar-refractivity contribution in [1.29, 1.82) is 0 Å². The van der Waals surface area contributed by atoms with Crippen LogP contribution in [0, 0.1) is 0 Å². The number of benzene rings is 2. The van der Waals surface area contributed by atoms with Crippen LogP contribution in [0.4, 0.5) is 11.5 Å². The molecule has 6 nitrogen and oxygen atoms in total. The number of rotatable bonds is 3. The zero-order valence-electron chi connectivity index (χ0n) is 13.7. The first-order valence-corrected chi connectivity index (χ1v) is 8.25. The Kier molecular flexibility index (Phi) is 3.31. The highest BCUT2D eigenvalue weighted by molar-refractivity contribution is 5.97. The molecule has 0 aliphatic carbocycles. The summed E-state index contributed by atoms with van der Waals surface area (Å²) in [5, 5.41) is 12.6. The van der Waals surface area contributed by atoms with Crippen LogP contribution in [0.1, 0.15) is 0 Å². The van der Waals surface area contributed by atoms with Crippen LogP contribution in [-0.2, 0) is 0 Å². The number of aromatic nitrogens is 5. The molecular formula is C20H14N6.